The minimum absolute atomic E-state index is 0.0913. The number of methoxy groups -OCH3 is 1. The van der Waals surface area contributed by atoms with Crippen LogP contribution in [-0.4, -0.2) is 24.2 Å². The minimum Gasteiger partial charge on any atom is -0.383 e. The number of aromatic nitrogens is 1. The van der Waals surface area contributed by atoms with Gasteiger partial charge in [0.05, 0.1) is 22.7 Å². The Hall–Kier alpha value is -2.24. The van der Waals surface area contributed by atoms with Crippen molar-refractivity contribution in [2.24, 2.45) is 4.99 Å². The van der Waals surface area contributed by atoms with E-state index in [1.165, 1.54) is 0 Å². The largest absolute Gasteiger partial charge is 0.383 e. The Balaban J connectivity index is 2.03. The van der Waals surface area contributed by atoms with Crippen molar-refractivity contribution in [3.63, 3.8) is 0 Å². The van der Waals surface area contributed by atoms with Crippen LogP contribution in [-0.2, 0) is 16.1 Å². The van der Waals surface area contributed by atoms with E-state index in [9.17, 15) is 4.79 Å². The summed E-state index contributed by atoms with van der Waals surface area (Å²) in [5.41, 5.74) is 2.10. The zero-order chi connectivity index (χ0) is 17.6. The van der Waals surface area contributed by atoms with Gasteiger partial charge in [0.1, 0.15) is 0 Å². The molecule has 0 radical (unpaired) electrons. The SMILES string of the molecule is CCC(C(=O)N=c1sc2ccccc2n1CCOC)c1ccccc1. The number of hydrogen-bond acceptors (Lipinski definition) is 3. The number of benzene rings is 2. The molecule has 3 aromatic rings. The van der Waals surface area contributed by atoms with Crippen molar-refractivity contribution in [3.05, 3.63) is 65.0 Å². The summed E-state index contributed by atoms with van der Waals surface area (Å²) < 4.78 is 8.41. The van der Waals surface area contributed by atoms with E-state index in [2.05, 4.69) is 21.7 Å². The van der Waals surface area contributed by atoms with Gasteiger partial charge in [0, 0.05) is 13.7 Å². The summed E-state index contributed by atoms with van der Waals surface area (Å²) in [4.78, 5) is 18.1. The van der Waals surface area contributed by atoms with Gasteiger partial charge in [-0.05, 0) is 24.1 Å². The maximum atomic E-state index is 12.8. The van der Waals surface area contributed by atoms with Crippen LogP contribution in [0.25, 0.3) is 10.2 Å². The molecule has 0 saturated carbocycles. The van der Waals surface area contributed by atoms with Crippen molar-refractivity contribution in [2.45, 2.75) is 25.8 Å². The summed E-state index contributed by atoms with van der Waals surface area (Å²) in [5.74, 6) is -0.297. The highest BCUT2D eigenvalue weighted by atomic mass is 32.1. The van der Waals surface area contributed by atoms with Crippen LogP contribution in [0, 0.1) is 0 Å². The molecule has 0 bridgehead atoms. The van der Waals surface area contributed by atoms with Crippen LogP contribution in [0.2, 0.25) is 0 Å². The molecule has 25 heavy (non-hydrogen) atoms. The van der Waals surface area contributed by atoms with Crippen LogP contribution in [0.5, 0.6) is 0 Å². The van der Waals surface area contributed by atoms with E-state index in [0.717, 1.165) is 27.0 Å². The van der Waals surface area contributed by atoms with Crippen molar-refractivity contribution in [3.8, 4) is 0 Å². The van der Waals surface area contributed by atoms with Gasteiger partial charge in [-0.15, -0.1) is 0 Å². The summed E-state index contributed by atoms with van der Waals surface area (Å²) >= 11 is 1.55. The van der Waals surface area contributed by atoms with Crippen molar-refractivity contribution >= 4 is 27.5 Å². The number of amides is 1. The molecule has 0 aliphatic heterocycles. The van der Waals surface area contributed by atoms with E-state index in [4.69, 9.17) is 4.74 Å². The van der Waals surface area contributed by atoms with Crippen LogP contribution in [0.3, 0.4) is 0 Å². The second-order valence-electron chi connectivity index (χ2n) is 5.82. The lowest BCUT2D eigenvalue weighted by molar-refractivity contribution is -0.119. The van der Waals surface area contributed by atoms with Crippen LogP contribution in [0.15, 0.2) is 59.6 Å². The summed E-state index contributed by atoms with van der Waals surface area (Å²) in [6.45, 7) is 3.28. The monoisotopic (exact) mass is 354 g/mol. The summed E-state index contributed by atoms with van der Waals surface area (Å²) in [7, 11) is 1.68. The molecule has 0 aliphatic carbocycles. The quantitative estimate of drug-likeness (QED) is 0.672. The maximum absolute atomic E-state index is 12.8. The molecule has 1 heterocycles. The Morgan fingerprint density at radius 2 is 1.88 bits per heavy atom. The Labute approximate surface area is 151 Å². The lowest BCUT2D eigenvalue weighted by Gasteiger charge is -2.11. The van der Waals surface area contributed by atoms with Gasteiger partial charge >= 0.3 is 0 Å². The second kappa shape index (κ2) is 8.23. The average molecular weight is 354 g/mol. The highest BCUT2D eigenvalue weighted by molar-refractivity contribution is 7.16. The Morgan fingerprint density at radius 3 is 2.60 bits per heavy atom. The molecule has 0 N–H and O–H groups in total. The molecule has 1 aromatic heterocycles. The average Bonchev–Trinajstić information content (AvgIpc) is 2.98. The number of carbonyl (C=O) groups is 1. The Morgan fingerprint density at radius 1 is 1.16 bits per heavy atom. The summed E-state index contributed by atoms with van der Waals surface area (Å²) in [5, 5.41) is 0. The molecule has 0 spiro atoms. The Bertz CT molecular complexity index is 912. The van der Waals surface area contributed by atoms with Gasteiger partial charge in [0.2, 0.25) is 0 Å². The number of fused-ring (bicyclic) bond motifs is 1. The van der Waals surface area contributed by atoms with Gasteiger partial charge in [-0.25, -0.2) is 0 Å². The van der Waals surface area contributed by atoms with Crippen molar-refractivity contribution < 1.29 is 9.53 Å². The smallest absolute Gasteiger partial charge is 0.255 e. The fourth-order valence-electron chi connectivity index (χ4n) is 2.92. The van der Waals surface area contributed by atoms with Crippen LogP contribution >= 0.6 is 11.3 Å². The van der Waals surface area contributed by atoms with E-state index in [0.29, 0.717) is 13.2 Å². The van der Waals surface area contributed by atoms with Gasteiger partial charge in [-0.2, -0.15) is 4.99 Å². The van der Waals surface area contributed by atoms with Gasteiger partial charge in [0.25, 0.3) is 5.91 Å². The molecule has 0 fully saturated rings. The predicted molar refractivity (Wildman–Crippen MR) is 102 cm³/mol. The first-order valence-corrected chi connectivity index (χ1v) is 9.27. The zero-order valence-corrected chi connectivity index (χ0v) is 15.3. The third-order valence-corrected chi connectivity index (χ3v) is 5.28. The molecule has 0 saturated heterocycles. The van der Waals surface area contributed by atoms with E-state index < -0.39 is 0 Å². The van der Waals surface area contributed by atoms with Crippen molar-refractivity contribution in [1.82, 2.24) is 4.57 Å². The summed E-state index contributed by atoms with van der Waals surface area (Å²) in [6, 6.07) is 18.0. The highest BCUT2D eigenvalue weighted by Gasteiger charge is 2.18. The second-order valence-corrected chi connectivity index (χ2v) is 6.83. The van der Waals surface area contributed by atoms with E-state index in [1.807, 2.05) is 49.4 Å². The van der Waals surface area contributed by atoms with Gasteiger partial charge in [0.15, 0.2) is 4.80 Å². The lowest BCUT2D eigenvalue weighted by atomic mass is 9.96. The molecule has 130 valence electrons. The topological polar surface area (TPSA) is 43.6 Å². The predicted octanol–water partition coefficient (Wildman–Crippen LogP) is 3.97. The first-order chi connectivity index (χ1) is 12.2. The molecule has 4 nitrogen and oxygen atoms in total. The van der Waals surface area contributed by atoms with E-state index in [1.54, 1.807) is 18.4 Å². The van der Waals surface area contributed by atoms with Crippen LogP contribution in [0.1, 0.15) is 24.8 Å². The van der Waals surface area contributed by atoms with Gasteiger partial charge < -0.3 is 9.30 Å². The van der Waals surface area contributed by atoms with Crippen LogP contribution in [0.4, 0.5) is 0 Å². The molecule has 5 heteroatoms. The van der Waals surface area contributed by atoms with Gasteiger partial charge in [-0.3, -0.25) is 4.79 Å². The molecule has 1 atom stereocenters. The fourth-order valence-corrected chi connectivity index (χ4v) is 3.98. The molecule has 0 aliphatic rings. The number of para-hydroxylation sites is 1. The molecule has 1 amide bonds. The number of ether oxygens (including phenoxy) is 1. The lowest BCUT2D eigenvalue weighted by Crippen LogP contribution is -2.21. The number of carbonyl (C=O) groups excluding carboxylic acids is 1. The zero-order valence-electron chi connectivity index (χ0n) is 14.5. The molecule has 1 unspecified atom stereocenters. The molecular weight excluding hydrogens is 332 g/mol. The standard InChI is InChI=1S/C20H22N2O2S/c1-3-16(15-9-5-4-6-10-15)19(23)21-20-22(13-14-24-2)17-11-7-8-12-18(17)25-20/h4-12,16H,3,13-14H2,1-2H3. The normalized spacial score (nSPS) is 13.3. The summed E-state index contributed by atoms with van der Waals surface area (Å²) in [6.07, 6.45) is 0.731. The highest BCUT2D eigenvalue weighted by Crippen LogP contribution is 2.21. The molecule has 3 rings (SSSR count). The number of thiazole rings is 1. The fraction of sp³-hybridized carbons (Fsp3) is 0.300. The van der Waals surface area contributed by atoms with Crippen molar-refractivity contribution in [1.29, 1.82) is 0 Å². The maximum Gasteiger partial charge on any atom is 0.255 e. The van der Waals surface area contributed by atoms with Crippen LogP contribution < -0.4 is 4.80 Å². The number of hydrogen-bond donors (Lipinski definition) is 0. The third kappa shape index (κ3) is 3.89. The first kappa shape index (κ1) is 17.6. The Kier molecular flexibility index (Phi) is 5.79. The number of nitrogens with zero attached hydrogens (tertiary/aromatic N) is 2. The van der Waals surface area contributed by atoms with E-state index in [-0.39, 0.29) is 11.8 Å². The van der Waals surface area contributed by atoms with Crippen molar-refractivity contribution in [2.75, 3.05) is 13.7 Å². The first-order valence-electron chi connectivity index (χ1n) is 8.45. The van der Waals surface area contributed by atoms with E-state index >= 15 is 0 Å². The molecular formula is C20H22N2O2S. The molecule has 2 aromatic carbocycles. The van der Waals surface area contributed by atoms with Gasteiger partial charge in [-0.1, -0.05) is 60.7 Å². The third-order valence-electron chi connectivity index (χ3n) is 4.22. The number of rotatable bonds is 6. The minimum atomic E-state index is -0.206.